The first-order valence-corrected chi connectivity index (χ1v) is 11.4. The first kappa shape index (κ1) is 22.5. The normalized spacial score (nSPS) is 13.8. The lowest BCUT2D eigenvalue weighted by Crippen LogP contribution is -2.31. The number of aliphatic hydroxyl groups excluding tert-OH is 1. The minimum atomic E-state index is -3.92. The molecular formula is C17H25N3O6S2. The molecule has 1 heterocycles. The smallest absolute Gasteiger partial charge is 0.322 e. The number of hydrogen-bond donors (Lipinski definition) is 1. The van der Waals surface area contributed by atoms with Gasteiger partial charge in [-0.3, -0.25) is 4.18 Å². The highest BCUT2D eigenvalue weighted by atomic mass is 32.2. The van der Waals surface area contributed by atoms with Crippen molar-refractivity contribution in [2.45, 2.75) is 37.7 Å². The number of rotatable bonds is 9. The number of aromatic nitrogens is 2. The molecule has 0 spiro atoms. The monoisotopic (exact) mass is 431 g/mol. The topological polar surface area (TPSA) is 119 Å². The molecule has 1 unspecified atom stereocenters. The van der Waals surface area contributed by atoms with Gasteiger partial charge in [-0.15, -0.1) is 4.09 Å². The fourth-order valence-corrected chi connectivity index (χ4v) is 4.33. The van der Waals surface area contributed by atoms with E-state index in [1.54, 1.807) is 12.1 Å². The summed E-state index contributed by atoms with van der Waals surface area (Å²) in [7, 11) is -5.04. The zero-order chi connectivity index (χ0) is 21.1. The average Bonchev–Trinajstić information content (AvgIpc) is 2.97. The largest absolute Gasteiger partial charge is 0.393 e. The summed E-state index contributed by atoms with van der Waals surface area (Å²) in [6, 6.07) is 6.27. The second-order valence-electron chi connectivity index (χ2n) is 6.64. The van der Waals surface area contributed by atoms with Gasteiger partial charge in [-0.2, -0.15) is 26.2 Å². The second kappa shape index (κ2) is 8.70. The molecule has 0 fully saturated rings. The Labute approximate surface area is 165 Å². The second-order valence-corrected chi connectivity index (χ2v) is 10.2. The summed E-state index contributed by atoms with van der Waals surface area (Å²) in [5, 5.41) is 13.6. The molecule has 0 saturated heterocycles. The van der Waals surface area contributed by atoms with Crippen LogP contribution in [0, 0.1) is 6.92 Å². The molecule has 0 radical (unpaired) electrons. The van der Waals surface area contributed by atoms with Crippen LogP contribution in [0.2, 0.25) is 0 Å². The quantitative estimate of drug-likeness (QED) is 0.581. The highest BCUT2D eigenvalue weighted by Gasteiger charge is 2.25. The van der Waals surface area contributed by atoms with Gasteiger partial charge in [0.15, 0.2) is 0 Å². The van der Waals surface area contributed by atoms with Crippen LogP contribution < -0.4 is 0 Å². The van der Waals surface area contributed by atoms with E-state index in [-0.39, 0.29) is 24.3 Å². The lowest BCUT2D eigenvalue weighted by Gasteiger charge is -2.15. The maximum atomic E-state index is 12.4. The van der Waals surface area contributed by atoms with Crippen molar-refractivity contribution in [2.75, 3.05) is 20.7 Å². The molecule has 11 heteroatoms. The molecule has 0 bridgehead atoms. The first-order valence-electron chi connectivity index (χ1n) is 8.58. The van der Waals surface area contributed by atoms with Crippen LogP contribution in [0.15, 0.2) is 35.4 Å². The Bertz CT molecular complexity index is 1010. The van der Waals surface area contributed by atoms with Crippen molar-refractivity contribution in [3.05, 3.63) is 47.3 Å². The highest BCUT2D eigenvalue weighted by Crippen LogP contribution is 2.18. The van der Waals surface area contributed by atoms with Crippen molar-refractivity contribution in [1.29, 1.82) is 0 Å². The van der Waals surface area contributed by atoms with E-state index < -0.39 is 26.4 Å². The van der Waals surface area contributed by atoms with E-state index in [1.165, 1.54) is 39.3 Å². The van der Waals surface area contributed by atoms with Crippen molar-refractivity contribution < 1.29 is 26.1 Å². The summed E-state index contributed by atoms with van der Waals surface area (Å²) in [6.45, 7) is 3.19. The standard InChI is InChI=1S/C17H25N3O6S2/c1-13-5-7-16(8-6-13)27(22,23)26-10-9-15-12-18-20(17(15)11-14(2)21)28(24,25)19(3)4/h5-8,12,14,21H,9-11H2,1-4H3. The molecule has 1 aromatic heterocycles. The van der Waals surface area contributed by atoms with Gasteiger partial charge in [0, 0.05) is 26.9 Å². The number of nitrogens with zero attached hydrogens (tertiary/aromatic N) is 3. The molecule has 1 aromatic carbocycles. The predicted molar refractivity (Wildman–Crippen MR) is 104 cm³/mol. The zero-order valence-electron chi connectivity index (χ0n) is 16.2. The van der Waals surface area contributed by atoms with E-state index in [2.05, 4.69) is 5.10 Å². The van der Waals surface area contributed by atoms with Crippen molar-refractivity contribution in [3.63, 3.8) is 0 Å². The van der Waals surface area contributed by atoms with Gasteiger partial charge < -0.3 is 5.11 Å². The summed E-state index contributed by atoms with van der Waals surface area (Å²) in [6.07, 6.45) is 0.716. The van der Waals surface area contributed by atoms with Crippen LogP contribution in [0.3, 0.4) is 0 Å². The molecule has 28 heavy (non-hydrogen) atoms. The van der Waals surface area contributed by atoms with Crippen LogP contribution in [0.5, 0.6) is 0 Å². The first-order chi connectivity index (χ1) is 12.9. The molecule has 1 atom stereocenters. The molecule has 2 aromatic rings. The van der Waals surface area contributed by atoms with Crippen LogP contribution >= 0.6 is 0 Å². The minimum absolute atomic E-state index is 0.0487. The molecule has 0 aliphatic heterocycles. The number of aliphatic hydroxyl groups is 1. The third-order valence-electron chi connectivity index (χ3n) is 4.01. The third-order valence-corrected chi connectivity index (χ3v) is 7.01. The average molecular weight is 432 g/mol. The maximum absolute atomic E-state index is 12.4. The highest BCUT2D eigenvalue weighted by molar-refractivity contribution is 7.87. The molecule has 9 nitrogen and oxygen atoms in total. The van der Waals surface area contributed by atoms with Crippen molar-refractivity contribution >= 4 is 20.3 Å². The van der Waals surface area contributed by atoms with Crippen LogP contribution in [0.25, 0.3) is 0 Å². The minimum Gasteiger partial charge on any atom is -0.393 e. The van der Waals surface area contributed by atoms with Crippen molar-refractivity contribution in [3.8, 4) is 0 Å². The van der Waals surface area contributed by atoms with Gasteiger partial charge in [-0.1, -0.05) is 17.7 Å². The lowest BCUT2D eigenvalue weighted by molar-refractivity contribution is 0.193. The molecule has 0 aliphatic rings. The molecular weight excluding hydrogens is 406 g/mol. The molecule has 0 amide bonds. The summed E-state index contributed by atoms with van der Waals surface area (Å²) in [5.74, 6) is 0. The molecule has 1 N–H and O–H groups in total. The van der Waals surface area contributed by atoms with E-state index in [9.17, 15) is 21.9 Å². The summed E-state index contributed by atoms with van der Waals surface area (Å²) < 4.78 is 56.3. The SMILES string of the molecule is Cc1ccc(S(=O)(=O)OCCc2cnn(S(=O)(=O)N(C)C)c2CC(C)O)cc1. The number of hydrogen-bond acceptors (Lipinski definition) is 7. The van der Waals surface area contributed by atoms with Gasteiger partial charge in [0.05, 0.1) is 29.5 Å². The van der Waals surface area contributed by atoms with Crippen LogP contribution in [0.1, 0.15) is 23.7 Å². The Balaban J connectivity index is 2.20. The van der Waals surface area contributed by atoms with E-state index in [0.29, 0.717) is 11.3 Å². The molecule has 156 valence electrons. The lowest BCUT2D eigenvalue weighted by atomic mass is 10.1. The van der Waals surface area contributed by atoms with E-state index in [0.717, 1.165) is 14.0 Å². The zero-order valence-corrected chi connectivity index (χ0v) is 17.9. The van der Waals surface area contributed by atoms with Crippen molar-refractivity contribution in [1.82, 2.24) is 13.5 Å². The van der Waals surface area contributed by atoms with Gasteiger partial charge in [0.1, 0.15) is 0 Å². The Morgan fingerprint density at radius 2 is 1.79 bits per heavy atom. The van der Waals surface area contributed by atoms with E-state index in [1.807, 2.05) is 6.92 Å². The summed E-state index contributed by atoms with van der Waals surface area (Å²) >= 11 is 0. The van der Waals surface area contributed by atoms with Gasteiger partial charge in [0.25, 0.3) is 10.1 Å². The molecule has 0 saturated carbocycles. The Morgan fingerprint density at radius 3 is 2.32 bits per heavy atom. The number of benzene rings is 1. The Morgan fingerprint density at radius 1 is 1.18 bits per heavy atom. The van der Waals surface area contributed by atoms with Gasteiger partial charge in [-0.25, -0.2) is 0 Å². The van der Waals surface area contributed by atoms with Crippen molar-refractivity contribution in [2.24, 2.45) is 0 Å². The van der Waals surface area contributed by atoms with Crippen LogP contribution in [-0.4, -0.2) is 62.2 Å². The fourth-order valence-electron chi connectivity index (χ4n) is 2.47. The summed E-state index contributed by atoms with van der Waals surface area (Å²) in [5.41, 5.74) is 1.71. The van der Waals surface area contributed by atoms with E-state index in [4.69, 9.17) is 4.18 Å². The predicted octanol–water partition coefficient (Wildman–Crippen LogP) is 0.717. The van der Waals surface area contributed by atoms with Gasteiger partial charge in [0.2, 0.25) is 0 Å². The van der Waals surface area contributed by atoms with Gasteiger partial charge in [-0.05, 0) is 31.5 Å². The molecule has 2 rings (SSSR count). The fraction of sp³-hybridized carbons (Fsp3) is 0.471. The van der Waals surface area contributed by atoms with Crippen LogP contribution in [-0.2, 0) is 37.4 Å². The Hall–Kier alpha value is -1.79. The van der Waals surface area contributed by atoms with Gasteiger partial charge >= 0.3 is 10.2 Å². The third kappa shape index (κ3) is 5.17. The van der Waals surface area contributed by atoms with E-state index >= 15 is 0 Å². The maximum Gasteiger partial charge on any atom is 0.322 e. The summed E-state index contributed by atoms with van der Waals surface area (Å²) in [4.78, 5) is 0.0492. The Kier molecular flexibility index (Phi) is 6.99. The van der Waals surface area contributed by atoms with Crippen LogP contribution in [0.4, 0.5) is 0 Å². The molecule has 0 aliphatic carbocycles. The number of aryl methyl sites for hydroxylation is 1.